The normalized spacial score (nSPS) is 27.3. The number of amides is 4. The molecular formula is C29H33F2N5O4. The minimum Gasteiger partial charge on any atom is -0.468 e. The van der Waals surface area contributed by atoms with Crippen molar-refractivity contribution in [2.24, 2.45) is 10.9 Å². The van der Waals surface area contributed by atoms with Crippen molar-refractivity contribution in [3.63, 3.8) is 0 Å². The number of carbonyl (C=O) groups excluding carboxylic acids is 3. The molecule has 1 aliphatic carbocycles. The largest absolute Gasteiger partial charge is 0.468 e. The standard InChI is InChI=1S/C29H33F2N5O4/c1-17-25(27(37)40-2)26(19-10-13-21(30)22(31)16-19)36(28(38)33-17)29(39)34-24-7-5-15-35(24)20-11-8-18(9-12-20)23-6-3-4-14-32-23/h3-4,6,10,13-14,16,18,20,24-26H,5,7-9,11-12,15H2,1-2H3,(H,34,39)/t18?,20?,24?,25?,26-/m0/s1. The second kappa shape index (κ2) is 11.8. The van der Waals surface area contributed by atoms with E-state index in [1.807, 2.05) is 18.3 Å². The van der Waals surface area contributed by atoms with Gasteiger partial charge >= 0.3 is 18.0 Å². The first-order chi connectivity index (χ1) is 19.3. The molecule has 0 radical (unpaired) electrons. The van der Waals surface area contributed by atoms with Crippen LogP contribution in [-0.4, -0.2) is 64.4 Å². The Morgan fingerprint density at radius 2 is 1.82 bits per heavy atom. The third-order valence-corrected chi connectivity index (χ3v) is 8.34. The molecule has 9 nitrogen and oxygen atoms in total. The van der Waals surface area contributed by atoms with E-state index in [1.165, 1.54) is 20.1 Å². The van der Waals surface area contributed by atoms with Crippen LogP contribution in [0.2, 0.25) is 0 Å². The van der Waals surface area contributed by atoms with Crippen LogP contribution in [0.4, 0.5) is 18.4 Å². The van der Waals surface area contributed by atoms with Gasteiger partial charge in [0.1, 0.15) is 5.92 Å². The number of pyridine rings is 1. The maximum atomic E-state index is 14.3. The average Bonchev–Trinajstić information content (AvgIpc) is 3.42. The van der Waals surface area contributed by atoms with Gasteiger partial charge in [-0.3, -0.25) is 14.7 Å². The molecular weight excluding hydrogens is 520 g/mol. The highest BCUT2D eigenvalue weighted by Crippen LogP contribution is 2.38. The molecule has 3 atom stereocenters. The number of ether oxygens (including phenoxy) is 1. The highest BCUT2D eigenvalue weighted by molar-refractivity contribution is 6.11. The average molecular weight is 554 g/mol. The van der Waals surface area contributed by atoms with Crippen LogP contribution in [0, 0.1) is 17.6 Å². The molecule has 3 heterocycles. The van der Waals surface area contributed by atoms with E-state index in [4.69, 9.17) is 4.74 Å². The van der Waals surface area contributed by atoms with Gasteiger partial charge in [0.25, 0.3) is 0 Å². The second-order valence-corrected chi connectivity index (χ2v) is 10.6. The molecule has 1 aromatic carbocycles. The van der Waals surface area contributed by atoms with Gasteiger partial charge in [-0.1, -0.05) is 12.1 Å². The van der Waals surface area contributed by atoms with Crippen LogP contribution < -0.4 is 5.32 Å². The molecule has 4 amide bonds. The van der Waals surface area contributed by atoms with Crippen molar-refractivity contribution in [3.8, 4) is 0 Å². The fraction of sp³-hybridized carbons (Fsp3) is 0.483. The first kappa shape index (κ1) is 27.8. The second-order valence-electron chi connectivity index (χ2n) is 10.6. The van der Waals surface area contributed by atoms with E-state index >= 15 is 0 Å². The van der Waals surface area contributed by atoms with Crippen molar-refractivity contribution in [1.82, 2.24) is 20.1 Å². The van der Waals surface area contributed by atoms with Crippen molar-refractivity contribution < 1.29 is 27.9 Å². The van der Waals surface area contributed by atoms with Gasteiger partial charge in [-0.15, -0.1) is 0 Å². The maximum absolute atomic E-state index is 14.3. The molecule has 0 spiro atoms. The molecule has 1 aromatic heterocycles. The molecule has 0 bridgehead atoms. The monoisotopic (exact) mass is 553 g/mol. The predicted octanol–water partition coefficient (Wildman–Crippen LogP) is 4.94. The Labute approximate surface area is 231 Å². The Bertz CT molecular complexity index is 1300. The zero-order valence-corrected chi connectivity index (χ0v) is 22.6. The molecule has 212 valence electrons. The number of benzene rings is 1. The molecule has 2 aliphatic heterocycles. The van der Waals surface area contributed by atoms with Crippen molar-refractivity contribution in [1.29, 1.82) is 0 Å². The van der Waals surface area contributed by atoms with E-state index in [1.54, 1.807) is 0 Å². The molecule has 2 aromatic rings. The molecule has 11 heteroatoms. The minimum absolute atomic E-state index is 0.0863. The van der Waals surface area contributed by atoms with Gasteiger partial charge in [-0.25, -0.2) is 28.3 Å². The number of methoxy groups -OCH3 is 1. The molecule has 1 saturated heterocycles. The number of rotatable bonds is 5. The van der Waals surface area contributed by atoms with Gasteiger partial charge in [-0.2, -0.15) is 0 Å². The fourth-order valence-corrected chi connectivity index (χ4v) is 6.36. The minimum atomic E-state index is -1.25. The zero-order valence-electron chi connectivity index (χ0n) is 22.6. The number of esters is 1. The Balaban J connectivity index is 1.35. The van der Waals surface area contributed by atoms with Crippen LogP contribution in [0.1, 0.15) is 68.7 Å². The SMILES string of the molecule is COC(=O)C1C(C)=NC(=O)N(C(=O)NC2CCCN2C2CCC(c3ccccn3)CC2)[C@H]1c1ccc(F)c(F)c1. The number of hydrogen-bond donors (Lipinski definition) is 1. The molecule has 40 heavy (non-hydrogen) atoms. The lowest BCUT2D eigenvalue weighted by Crippen LogP contribution is -2.57. The first-order valence-corrected chi connectivity index (χ1v) is 13.7. The third-order valence-electron chi connectivity index (χ3n) is 8.34. The number of urea groups is 2. The van der Waals surface area contributed by atoms with Crippen molar-refractivity contribution in [2.45, 2.75) is 69.6 Å². The van der Waals surface area contributed by atoms with Crippen LogP contribution in [0.3, 0.4) is 0 Å². The molecule has 1 N–H and O–H groups in total. The van der Waals surface area contributed by atoms with Gasteiger partial charge in [0.15, 0.2) is 11.6 Å². The number of aliphatic imine (C=N–C) groups is 1. The Morgan fingerprint density at radius 1 is 1.05 bits per heavy atom. The van der Waals surface area contributed by atoms with Crippen molar-refractivity contribution >= 4 is 23.7 Å². The van der Waals surface area contributed by atoms with Crippen LogP contribution in [0.15, 0.2) is 47.6 Å². The molecule has 2 fully saturated rings. The molecule has 5 rings (SSSR count). The lowest BCUT2D eigenvalue weighted by Gasteiger charge is -2.40. The van der Waals surface area contributed by atoms with Crippen molar-refractivity contribution in [2.75, 3.05) is 13.7 Å². The lowest BCUT2D eigenvalue weighted by molar-refractivity contribution is -0.144. The summed E-state index contributed by atoms with van der Waals surface area (Å²) in [5.74, 6) is -3.74. The summed E-state index contributed by atoms with van der Waals surface area (Å²) >= 11 is 0. The third kappa shape index (κ3) is 5.47. The summed E-state index contributed by atoms with van der Waals surface area (Å²) in [7, 11) is 1.18. The number of aromatic nitrogens is 1. The summed E-state index contributed by atoms with van der Waals surface area (Å²) in [6.07, 6.45) is 7.00. The predicted molar refractivity (Wildman–Crippen MR) is 142 cm³/mol. The van der Waals surface area contributed by atoms with Crippen LogP contribution in [0.5, 0.6) is 0 Å². The van der Waals surface area contributed by atoms with E-state index in [-0.39, 0.29) is 23.5 Å². The number of halogens is 2. The summed E-state index contributed by atoms with van der Waals surface area (Å²) in [6.45, 7) is 2.29. The van der Waals surface area contributed by atoms with Gasteiger partial charge in [0.2, 0.25) is 0 Å². The summed E-state index contributed by atoms with van der Waals surface area (Å²) in [6, 6.07) is 6.43. The topological polar surface area (TPSA) is 104 Å². The lowest BCUT2D eigenvalue weighted by atomic mass is 9.83. The van der Waals surface area contributed by atoms with Crippen LogP contribution >= 0.6 is 0 Å². The van der Waals surface area contributed by atoms with Gasteiger partial charge in [0.05, 0.1) is 19.3 Å². The number of nitrogens with one attached hydrogen (secondary N) is 1. The van der Waals surface area contributed by atoms with Gasteiger partial charge in [-0.05, 0) is 75.3 Å². The highest BCUT2D eigenvalue weighted by Gasteiger charge is 2.47. The Morgan fingerprint density at radius 3 is 2.50 bits per heavy atom. The number of imide groups is 1. The maximum Gasteiger partial charge on any atom is 0.352 e. The number of likely N-dealkylation sites (tertiary alicyclic amines) is 1. The zero-order chi connectivity index (χ0) is 28.4. The van der Waals surface area contributed by atoms with Gasteiger partial charge < -0.3 is 10.1 Å². The summed E-state index contributed by atoms with van der Waals surface area (Å²) in [4.78, 5) is 51.1. The van der Waals surface area contributed by atoms with E-state index in [2.05, 4.69) is 26.3 Å². The molecule has 2 unspecified atom stereocenters. The number of carbonyl (C=O) groups is 3. The fourth-order valence-electron chi connectivity index (χ4n) is 6.36. The Kier molecular flexibility index (Phi) is 8.20. The summed E-state index contributed by atoms with van der Waals surface area (Å²) in [5.41, 5.74) is 1.32. The van der Waals surface area contributed by atoms with E-state index < -0.39 is 41.6 Å². The van der Waals surface area contributed by atoms with E-state index in [0.717, 1.165) is 61.4 Å². The number of hydrogen-bond acceptors (Lipinski definition) is 6. The quantitative estimate of drug-likeness (QED) is 0.526. The van der Waals surface area contributed by atoms with Crippen LogP contribution in [0.25, 0.3) is 0 Å². The summed E-state index contributed by atoms with van der Waals surface area (Å²) < 4.78 is 32.9. The molecule has 1 saturated carbocycles. The smallest absolute Gasteiger partial charge is 0.352 e. The van der Waals surface area contributed by atoms with E-state index in [0.29, 0.717) is 12.3 Å². The van der Waals surface area contributed by atoms with Crippen LogP contribution in [-0.2, 0) is 9.53 Å². The van der Waals surface area contributed by atoms with Gasteiger partial charge in [0, 0.05) is 36.1 Å². The van der Waals surface area contributed by atoms with Crippen molar-refractivity contribution in [3.05, 3.63) is 65.5 Å². The molecule has 3 aliphatic rings. The Hall–Kier alpha value is -3.73. The first-order valence-electron chi connectivity index (χ1n) is 13.7. The van der Waals surface area contributed by atoms with E-state index in [9.17, 15) is 23.2 Å². The summed E-state index contributed by atoms with van der Waals surface area (Å²) in [5, 5.41) is 2.98. The highest BCUT2D eigenvalue weighted by atomic mass is 19.2. The number of nitrogens with zero attached hydrogens (tertiary/aromatic N) is 4.